The fourth-order valence-corrected chi connectivity index (χ4v) is 3.58. The first-order valence-corrected chi connectivity index (χ1v) is 9.33. The fraction of sp³-hybridized carbons (Fsp3) is 0.476. The van der Waals surface area contributed by atoms with Crippen LogP contribution in [-0.4, -0.2) is 30.4 Å². The zero-order valence-electron chi connectivity index (χ0n) is 15.0. The molecule has 3 rings (SSSR count). The smallest absolute Gasteiger partial charge is 0.220 e. The van der Waals surface area contributed by atoms with E-state index < -0.39 is 0 Å². The van der Waals surface area contributed by atoms with E-state index in [-0.39, 0.29) is 17.9 Å². The lowest BCUT2D eigenvalue weighted by molar-refractivity contribution is -0.121. The van der Waals surface area contributed by atoms with Crippen LogP contribution < -0.4 is 5.32 Å². The highest BCUT2D eigenvalue weighted by Crippen LogP contribution is 2.25. The third-order valence-corrected chi connectivity index (χ3v) is 5.06. The van der Waals surface area contributed by atoms with Gasteiger partial charge < -0.3 is 9.73 Å². The molecule has 1 fully saturated rings. The number of hydrogen-bond donors (Lipinski definition) is 1. The number of nitrogens with zero attached hydrogens (tertiary/aromatic N) is 1. The molecule has 4 heteroatoms. The van der Waals surface area contributed by atoms with Gasteiger partial charge in [0.1, 0.15) is 5.76 Å². The lowest BCUT2D eigenvalue weighted by Crippen LogP contribution is -2.40. The van der Waals surface area contributed by atoms with E-state index in [9.17, 15) is 4.79 Å². The van der Waals surface area contributed by atoms with E-state index in [4.69, 9.17) is 4.42 Å². The number of likely N-dealkylation sites (tertiary alicyclic amines) is 1. The second-order valence-corrected chi connectivity index (χ2v) is 6.95. The van der Waals surface area contributed by atoms with Crippen LogP contribution in [0.15, 0.2) is 53.1 Å². The van der Waals surface area contributed by atoms with Crippen molar-refractivity contribution in [2.75, 3.05) is 19.6 Å². The quantitative estimate of drug-likeness (QED) is 0.825. The Morgan fingerprint density at radius 1 is 1.12 bits per heavy atom. The molecular weight excluding hydrogens is 312 g/mol. The first-order valence-electron chi connectivity index (χ1n) is 9.33. The fourth-order valence-electron chi connectivity index (χ4n) is 3.58. The monoisotopic (exact) mass is 340 g/mol. The summed E-state index contributed by atoms with van der Waals surface area (Å²) in [7, 11) is 0. The summed E-state index contributed by atoms with van der Waals surface area (Å²) in [5.74, 6) is 1.27. The van der Waals surface area contributed by atoms with Gasteiger partial charge >= 0.3 is 0 Å². The highest BCUT2D eigenvalue weighted by Gasteiger charge is 2.25. The Bertz CT molecular complexity index is 633. The summed E-state index contributed by atoms with van der Waals surface area (Å²) < 4.78 is 5.64. The van der Waals surface area contributed by atoms with Crippen molar-refractivity contribution >= 4 is 5.91 Å². The molecule has 0 aliphatic carbocycles. The summed E-state index contributed by atoms with van der Waals surface area (Å²) in [5, 5.41) is 3.13. The number of furan rings is 1. The molecule has 2 atom stereocenters. The number of benzene rings is 1. The van der Waals surface area contributed by atoms with E-state index in [1.54, 1.807) is 6.26 Å². The zero-order valence-corrected chi connectivity index (χ0v) is 15.0. The van der Waals surface area contributed by atoms with Crippen LogP contribution in [0.2, 0.25) is 0 Å². The molecule has 1 aliphatic heterocycles. The SMILES string of the molecule is C[C@@H](CC(=O)NC[C@H](c1ccco1)N1CCCCC1)c1ccccc1. The number of hydrogen-bond acceptors (Lipinski definition) is 3. The lowest BCUT2D eigenvalue weighted by Gasteiger charge is -2.33. The second-order valence-electron chi connectivity index (χ2n) is 6.95. The normalized spacial score (nSPS) is 17.8. The molecule has 0 radical (unpaired) electrons. The predicted molar refractivity (Wildman–Crippen MR) is 99.4 cm³/mol. The van der Waals surface area contributed by atoms with Gasteiger partial charge in [-0.25, -0.2) is 0 Å². The van der Waals surface area contributed by atoms with Gasteiger partial charge in [-0.1, -0.05) is 43.7 Å². The minimum absolute atomic E-state index is 0.102. The van der Waals surface area contributed by atoms with Crippen molar-refractivity contribution in [3.8, 4) is 0 Å². The number of carbonyl (C=O) groups excluding carboxylic acids is 1. The molecule has 1 aliphatic rings. The van der Waals surface area contributed by atoms with Gasteiger partial charge in [-0.3, -0.25) is 9.69 Å². The van der Waals surface area contributed by atoms with Gasteiger partial charge in [0, 0.05) is 13.0 Å². The van der Waals surface area contributed by atoms with Crippen molar-refractivity contribution in [1.29, 1.82) is 0 Å². The van der Waals surface area contributed by atoms with Crippen LogP contribution in [0.4, 0.5) is 0 Å². The van der Waals surface area contributed by atoms with Crippen LogP contribution in [0, 0.1) is 0 Å². The predicted octanol–water partition coefficient (Wildman–Crippen LogP) is 4.12. The first-order chi connectivity index (χ1) is 12.2. The maximum atomic E-state index is 12.4. The molecule has 0 bridgehead atoms. The van der Waals surface area contributed by atoms with Crippen molar-refractivity contribution in [2.45, 2.75) is 44.6 Å². The molecule has 1 amide bonds. The minimum Gasteiger partial charge on any atom is -0.468 e. The molecule has 2 heterocycles. The van der Waals surface area contributed by atoms with Gasteiger partial charge in [0.2, 0.25) is 5.91 Å². The van der Waals surface area contributed by atoms with Crippen LogP contribution in [0.1, 0.15) is 55.9 Å². The number of carbonyl (C=O) groups is 1. The molecule has 1 N–H and O–H groups in total. The number of rotatable bonds is 7. The highest BCUT2D eigenvalue weighted by atomic mass is 16.3. The summed E-state index contributed by atoms with van der Waals surface area (Å²) in [5.41, 5.74) is 1.20. The van der Waals surface area contributed by atoms with Crippen molar-refractivity contribution in [3.05, 3.63) is 60.1 Å². The highest BCUT2D eigenvalue weighted by molar-refractivity contribution is 5.76. The van der Waals surface area contributed by atoms with E-state index in [2.05, 4.69) is 29.3 Å². The van der Waals surface area contributed by atoms with Crippen LogP contribution >= 0.6 is 0 Å². The van der Waals surface area contributed by atoms with Gasteiger partial charge in [0.05, 0.1) is 12.3 Å². The van der Waals surface area contributed by atoms with E-state index >= 15 is 0 Å². The standard InChI is InChI=1S/C21H28N2O2/c1-17(18-9-4-2-5-10-18)15-21(24)22-16-19(20-11-8-14-25-20)23-12-6-3-7-13-23/h2,4-5,8-11,14,17,19H,3,6-7,12-13,15-16H2,1H3,(H,22,24)/t17-,19+/m0/s1. The number of nitrogens with one attached hydrogen (secondary N) is 1. The summed E-state index contributed by atoms with van der Waals surface area (Å²) >= 11 is 0. The van der Waals surface area contributed by atoms with E-state index in [0.29, 0.717) is 13.0 Å². The summed E-state index contributed by atoms with van der Waals surface area (Å²) in [6.07, 6.45) is 5.95. The molecule has 134 valence electrons. The van der Waals surface area contributed by atoms with Crippen LogP contribution in [0.25, 0.3) is 0 Å². The largest absolute Gasteiger partial charge is 0.468 e. The molecule has 25 heavy (non-hydrogen) atoms. The van der Waals surface area contributed by atoms with Gasteiger partial charge in [-0.15, -0.1) is 0 Å². The molecule has 0 saturated carbocycles. The summed E-state index contributed by atoms with van der Waals surface area (Å²) in [4.78, 5) is 14.9. The van der Waals surface area contributed by atoms with E-state index in [0.717, 1.165) is 18.8 Å². The molecule has 0 unspecified atom stereocenters. The van der Waals surface area contributed by atoms with E-state index in [1.807, 2.05) is 30.3 Å². The molecule has 2 aromatic rings. The third-order valence-electron chi connectivity index (χ3n) is 5.06. The first kappa shape index (κ1) is 17.7. The van der Waals surface area contributed by atoms with Crippen LogP contribution in [0.3, 0.4) is 0 Å². The lowest BCUT2D eigenvalue weighted by atomic mass is 9.97. The molecule has 1 saturated heterocycles. The van der Waals surface area contributed by atoms with Crippen molar-refractivity contribution in [2.24, 2.45) is 0 Å². The Morgan fingerprint density at radius 3 is 2.56 bits per heavy atom. The minimum atomic E-state index is 0.102. The average molecular weight is 340 g/mol. The Balaban J connectivity index is 1.56. The van der Waals surface area contributed by atoms with Crippen molar-refractivity contribution < 1.29 is 9.21 Å². The van der Waals surface area contributed by atoms with Gasteiger partial charge in [-0.2, -0.15) is 0 Å². The average Bonchev–Trinajstić information content (AvgIpc) is 3.18. The van der Waals surface area contributed by atoms with Gasteiger partial charge in [0.25, 0.3) is 0 Å². The Labute approximate surface area is 150 Å². The molecular formula is C21H28N2O2. The topological polar surface area (TPSA) is 45.5 Å². The summed E-state index contributed by atoms with van der Waals surface area (Å²) in [6.45, 7) is 4.85. The second kappa shape index (κ2) is 8.86. The van der Waals surface area contributed by atoms with Gasteiger partial charge in [-0.05, 0) is 49.5 Å². The summed E-state index contributed by atoms with van der Waals surface area (Å²) in [6, 6.07) is 14.3. The van der Waals surface area contributed by atoms with Crippen LogP contribution in [0.5, 0.6) is 0 Å². The van der Waals surface area contributed by atoms with Crippen LogP contribution in [-0.2, 0) is 4.79 Å². The van der Waals surface area contributed by atoms with E-state index in [1.165, 1.54) is 24.8 Å². The van der Waals surface area contributed by atoms with Gasteiger partial charge in [0.15, 0.2) is 0 Å². The van der Waals surface area contributed by atoms with Crippen molar-refractivity contribution in [1.82, 2.24) is 10.2 Å². The number of amides is 1. The number of piperidine rings is 1. The van der Waals surface area contributed by atoms with Crippen molar-refractivity contribution in [3.63, 3.8) is 0 Å². The Hall–Kier alpha value is -2.07. The maximum absolute atomic E-state index is 12.4. The molecule has 1 aromatic heterocycles. The molecule has 1 aromatic carbocycles. The molecule has 4 nitrogen and oxygen atoms in total. The third kappa shape index (κ3) is 4.95. The molecule has 0 spiro atoms. The Morgan fingerprint density at radius 2 is 1.88 bits per heavy atom. The zero-order chi connectivity index (χ0) is 17.5. The maximum Gasteiger partial charge on any atom is 0.220 e. The Kier molecular flexibility index (Phi) is 6.29.